The van der Waals surface area contributed by atoms with Crippen molar-refractivity contribution in [1.29, 1.82) is 0 Å². The molecule has 0 bridgehead atoms. The second kappa shape index (κ2) is 7.44. The summed E-state index contributed by atoms with van der Waals surface area (Å²) in [6, 6.07) is 10.8. The molecular formula is C17H17ClN2O2S. The molecule has 6 heteroatoms. The number of benzene rings is 2. The summed E-state index contributed by atoms with van der Waals surface area (Å²) in [6.45, 7) is 3.89. The summed E-state index contributed by atoms with van der Waals surface area (Å²) in [4.78, 5) is 11.6. The van der Waals surface area contributed by atoms with E-state index >= 15 is 0 Å². The van der Waals surface area contributed by atoms with Crippen molar-refractivity contribution in [3.63, 3.8) is 0 Å². The van der Waals surface area contributed by atoms with Gasteiger partial charge in [-0.25, -0.2) is 4.79 Å². The highest BCUT2D eigenvalue weighted by Gasteiger charge is 2.09. The van der Waals surface area contributed by atoms with Crippen LogP contribution in [0.3, 0.4) is 0 Å². The number of nitrogens with one attached hydrogen (secondary N) is 2. The first-order chi connectivity index (χ1) is 10.9. The fourth-order valence-corrected chi connectivity index (χ4v) is 2.40. The summed E-state index contributed by atoms with van der Waals surface area (Å²) in [6.07, 6.45) is 0. The highest BCUT2D eigenvalue weighted by molar-refractivity contribution is 7.80. The Labute approximate surface area is 145 Å². The maximum Gasteiger partial charge on any atom is 0.337 e. The van der Waals surface area contributed by atoms with Crippen LogP contribution >= 0.6 is 23.8 Å². The topological polar surface area (TPSA) is 50.4 Å². The van der Waals surface area contributed by atoms with E-state index < -0.39 is 5.97 Å². The van der Waals surface area contributed by atoms with Gasteiger partial charge in [-0.2, -0.15) is 0 Å². The number of hydrogen-bond donors (Lipinski definition) is 2. The number of esters is 1. The largest absolute Gasteiger partial charge is 0.465 e. The van der Waals surface area contributed by atoms with Gasteiger partial charge in [0.1, 0.15) is 0 Å². The van der Waals surface area contributed by atoms with Crippen molar-refractivity contribution in [3.05, 3.63) is 58.1 Å². The number of anilines is 2. The molecule has 2 aromatic rings. The first kappa shape index (κ1) is 17.2. The quantitative estimate of drug-likeness (QED) is 0.629. The summed E-state index contributed by atoms with van der Waals surface area (Å²) < 4.78 is 4.73. The molecule has 0 fully saturated rings. The highest BCUT2D eigenvalue weighted by atomic mass is 35.5. The van der Waals surface area contributed by atoms with Crippen LogP contribution in [-0.2, 0) is 4.74 Å². The predicted octanol–water partition coefficient (Wildman–Crippen LogP) is 4.55. The third-order valence-electron chi connectivity index (χ3n) is 3.35. The van der Waals surface area contributed by atoms with Crippen molar-refractivity contribution in [2.24, 2.45) is 0 Å². The summed E-state index contributed by atoms with van der Waals surface area (Å²) in [7, 11) is 1.35. The molecule has 4 nitrogen and oxygen atoms in total. The van der Waals surface area contributed by atoms with Gasteiger partial charge in [0.05, 0.1) is 12.7 Å². The molecule has 0 saturated heterocycles. The lowest BCUT2D eigenvalue weighted by molar-refractivity contribution is 0.0601. The lowest BCUT2D eigenvalue weighted by Gasteiger charge is -2.15. The number of hydrogen-bond acceptors (Lipinski definition) is 3. The molecule has 0 aliphatic heterocycles. The zero-order chi connectivity index (χ0) is 17.0. The molecule has 2 aromatic carbocycles. The van der Waals surface area contributed by atoms with Crippen LogP contribution in [0.1, 0.15) is 21.5 Å². The highest BCUT2D eigenvalue weighted by Crippen LogP contribution is 2.22. The van der Waals surface area contributed by atoms with E-state index in [9.17, 15) is 4.79 Å². The Morgan fingerprint density at radius 3 is 2.22 bits per heavy atom. The smallest absolute Gasteiger partial charge is 0.337 e. The monoisotopic (exact) mass is 348 g/mol. The number of thiocarbonyl (C=S) groups is 1. The average Bonchev–Trinajstić information content (AvgIpc) is 2.52. The van der Waals surface area contributed by atoms with Gasteiger partial charge < -0.3 is 15.4 Å². The van der Waals surface area contributed by atoms with E-state index in [-0.39, 0.29) is 0 Å². The number of halogens is 1. The standard InChI is InChI=1S/C17H17ClN2O2S/c1-10-4-6-12(16(21)22-3)8-14(10)19-17(23)20-15-9-13(18)7-5-11(15)2/h4-9H,1-3H3,(H2,19,20,23). The summed E-state index contributed by atoms with van der Waals surface area (Å²) in [5, 5.41) is 7.25. The van der Waals surface area contributed by atoms with Gasteiger partial charge in [0.15, 0.2) is 5.11 Å². The summed E-state index contributed by atoms with van der Waals surface area (Å²) in [5.74, 6) is -0.391. The molecular weight excluding hydrogens is 332 g/mol. The number of carbonyl (C=O) groups is 1. The maximum absolute atomic E-state index is 11.6. The van der Waals surface area contributed by atoms with E-state index in [0.29, 0.717) is 15.7 Å². The van der Waals surface area contributed by atoms with E-state index in [1.54, 1.807) is 12.1 Å². The molecule has 0 saturated carbocycles. The van der Waals surface area contributed by atoms with Crippen LogP contribution in [0.4, 0.5) is 11.4 Å². The second-order valence-corrected chi connectivity index (χ2v) is 5.90. The zero-order valence-electron chi connectivity index (χ0n) is 13.1. The lowest BCUT2D eigenvalue weighted by Crippen LogP contribution is -2.20. The zero-order valence-corrected chi connectivity index (χ0v) is 14.6. The van der Waals surface area contributed by atoms with Crippen LogP contribution in [0.25, 0.3) is 0 Å². The van der Waals surface area contributed by atoms with E-state index in [1.165, 1.54) is 7.11 Å². The van der Waals surface area contributed by atoms with Crippen LogP contribution in [0.5, 0.6) is 0 Å². The first-order valence-corrected chi connectivity index (χ1v) is 7.72. The predicted molar refractivity (Wildman–Crippen MR) is 98.6 cm³/mol. The number of rotatable bonds is 3. The summed E-state index contributed by atoms with van der Waals surface area (Å²) >= 11 is 11.3. The Bertz CT molecular complexity index is 762. The molecule has 0 unspecified atom stereocenters. The number of ether oxygens (including phenoxy) is 1. The molecule has 23 heavy (non-hydrogen) atoms. The Morgan fingerprint density at radius 1 is 1.04 bits per heavy atom. The van der Waals surface area contributed by atoms with Crippen molar-refractivity contribution in [3.8, 4) is 0 Å². The van der Waals surface area contributed by atoms with Crippen molar-refractivity contribution < 1.29 is 9.53 Å². The van der Waals surface area contributed by atoms with E-state index in [1.807, 2.05) is 38.1 Å². The molecule has 0 spiro atoms. The molecule has 0 aromatic heterocycles. The van der Waals surface area contributed by atoms with Crippen molar-refractivity contribution in [2.75, 3.05) is 17.7 Å². The van der Waals surface area contributed by atoms with Gasteiger partial charge in [0, 0.05) is 16.4 Å². The first-order valence-electron chi connectivity index (χ1n) is 6.94. The van der Waals surface area contributed by atoms with Gasteiger partial charge in [-0.1, -0.05) is 23.7 Å². The summed E-state index contributed by atoms with van der Waals surface area (Å²) in [5.41, 5.74) is 4.02. The van der Waals surface area contributed by atoms with Crippen LogP contribution in [0.15, 0.2) is 36.4 Å². The maximum atomic E-state index is 11.6. The Morgan fingerprint density at radius 2 is 1.61 bits per heavy atom. The van der Waals surface area contributed by atoms with E-state index in [0.717, 1.165) is 22.5 Å². The molecule has 2 rings (SSSR count). The molecule has 0 heterocycles. The van der Waals surface area contributed by atoms with Crippen LogP contribution in [0, 0.1) is 13.8 Å². The van der Waals surface area contributed by atoms with Gasteiger partial charge in [-0.05, 0) is 61.5 Å². The lowest BCUT2D eigenvalue weighted by atomic mass is 10.1. The minimum Gasteiger partial charge on any atom is -0.465 e. The third-order valence-corrected chi connectivity index (χ3v) is 3.79. The van der Waals surface area contributed by atoms with Gasteiger partial charge in [0.25, 0.3) is 0 Å². The van der Waals surface area contributed by atoms with Crippen molar-refractivity contribution in [2.45, 2.75) is 13.8 Å². The third kappa shape index (κ3) is 4.43. The van der Waals surface area contributed by atoms with Crippen molar-refractivity contribution >= 4 is 46.3 Å². The van der Waals surface area contributed by atoms with Gasteiger partial charge in [-0.3, -0.25) is 0 Å². The van der Waals surface area contributed by atoms with Gasteiger partial charge in [-0.15, -0.1) is 0 Å². The molecule has 0 radical (unpaired) electrons. The molecule has 0 aliphatic rings. The number of carbonyl (C=O) groups excluding carboxylic acids is 1. The average molecular weight is 349 g/mol. The fourth-order valence-electron chi connectivity index (χ4n) is 2.01. The van der Waals surface area contributed by atoms with Gasteiger partial charge >= 0.3 is 5.97 Å². The second-order valence-electron chi connectivity index (χ2n) is 5.06. The van der Waals surface area contributed by atoms with E-state index in [4.69, 9.17) is 28.6 Å². The van der Waals surface area contributed by atoms with Gasteiger partial charge in [0.2, 0.25) is 0 Å². The van der Waals surface area contributed by atoms with Crippen LogP contribution < -0.4 is 10.6 Å². The SMILES string of the molecule is COC(=O)c1ccc(C)c(NC(=S)Nc2cc(Cl)ccc2C)c1. The Kier molecular flexibility index (Phi) is 5.58. The molecule has 0 atom stereocenters. The van der Waals surface area contributed by atoms with Crippen LogP contribution in [0.2, 0.25) is 5.02 Å². The molecule has 0 amide bonds. The fraction of sp³-hybridized carbons (Fsp3) is 0.176. The Balaban J connectivity index is 2.17. The van der Waals surface area contributed by atoms with Crippen molar-refractivity contribution in [1.82, 2.24) is 0 Å². The minimum atomic E-state index is -0.391. The molecule has 2 N–H and O–H groups in total. The molecule has 120 valence electrons. The van der Waals surface area contributed by atoms with E-state index in [2.05, 4.69) is 10.6 Å². The molecule has 0 aliphatic carbocycles. The normalized spacial score (nSPS) is 10.1. The number of methoxy groups -OCH3 is 1. The Hall–Kier alpha value is -2.11. The van der Waals surface area contributed by atoms with Crippen LogP contribution in [-0.4, -0.2) is 18.2 Å². The number of aryl methyl sites for hydroxylation is 2. The minimum absolute atomic E-state index is 0.391.